The van der Waals surface area contributed by atoms with Gasteiger partial charge in [0.2, 0.25) is 0 Å². The van der Waals surface area contributed by atoms with Gasteiger partial charge >= 0.3 is 0 Å². The van der Waals surface area contributed by atoms with E-state index < -0.39 is 0 Å². The molecule has 1 aliphatic rings. The number of nitrogens with one attached hydrogen (secondary N) is 1. The largest absolute Gasteiger partial charge is 0.374 e. The zero-order valence-electron chi connectivity index (χ0n) is 9.25. The molecular weight excluding hydrogens is 194 g/mol. The Bertz CT molecular complexity index is 318. The van der Waals surface area contributed by atoms with Crippen molar-refractivity contribution >= 4 is 0 Å². The Kier molecular flexibility index (Phi) is 3.02. The molecule has 2 heterocycles. The van der Waals surface area contributed by atoms with Crippen molar-refractivity contribution in [2.75, 3.05) is 13.2 Å². The Morgan fingerprint density at radius 1 is 1.47 bits per heavy atom. The molecular formula is C10H17N3O2. The highest BCUT2D eigenvalue weighted by molar-refractivity contribution is 5.04. The highest BCUT2D eigenvalue weighted by Gasteiger charge is 2.29. The summed E-state index contributed by atoms with van der Waals surface area (Å²) in [6.45, 7) is 6.44. The molecule has 0 radical (unpaired) electrons. The van der Waals surface area contributed by atoms with Crippen LogP contribution in [0.3, 0.4) is 0 Å². The molecule has 1 unspecified atom stereocenters. The minimum Gasteiger partial charge on any atom is -0.374 e. The average Bonchev–Trinajstić information content (AvgIpc) is 2.78. The van der Waals surface area contributed by atoms with Gasteiger partial charge in [-0.05, 0) is 26.7 Å². The van der Waals surface area contributed by atoms with Crippen LogP contribution in [0.2, 0.25) is 0 Å². The molecule has 0 aromatic carbocycles. The number of hydrogen-bond donors (Lipinski definition) is 1. The van der Waals surface area contributed by atoms with Gasteiger partial charge in [-0.3, -0.25) is 0 Å². The molecule has 0 bridgehead atoms. The third kappa shape index (κ3) is 2.54. The first-order valence-electron chi connectivity index (χ1n) is 5.32. The molecule has 84 valence electrons. The molecule has 1 atom stereocenters. The molecule has 0 saturated carbocycles. The summed E-state index contributed by atoms with van der Waals surface area (Å²) in [5, 5.41) is 10.9. The van der Waals surface area contributed by atoms with Crippen molar-refractivity contribution < 1.29 is 9.37 Å². The van der Waals surface area contributed by atoms with Gasteiger partial charge in [-0.2, -0.15) is 0 Å². The molecule has 0 amide bonds. The lowest BCUT2D eigenvalue weighted by molar-refractivity contribution is 0.0205. The fourth-order valence-corrected chi connectivity index (χ4v) is 1.83. The number of ether oxygens (including phenoxy) is 1. The number of aromatic nitrogens is 2. The van der Waals surface area contributed by atoms with Gasteiger partial charge in [-0.1, -0.05) is 10.3 Å². The van der Waals surface area contributed by atoms with Crippen LogP contribution in [0.4, 0.5) is 0 Å². The molecule has 1 saturated heterocycles. The number of aryl methyl sites for hydroxylation is 1. The van der Waals surface area contributed by atoms with E-state index in [-0.39, 0.29) is 5.60 Å². The Morgan fingerprint density at radius 2 is 2.33 bits per heavy atom. The Balaban J connectivity index is 1.77. The van der Waals surface area contributed by atoms with Gasteiger partial charge in [-0.15, -0.1) is 0 Å². The van der Waals surface area contributed by atoms with Crippen LogP contribution < -0.4 is 5.32 Å². The topological polar surface area (TPSA) is 60.2 Å². The van der Waals surface area contributed by atoms with Crippen LogP contribution in [-0.2, 0) is 11.3 Å². The lowest BCUT2D eigenvalue weighted by Crippen LogP contribution is -2.36. The van der Waals surface area contributed by atoms with Gasteiger partial charge < -0.3 is 10.1 Å². The number of nitrogens with zero attached hydrogens (tertiary/aromatic N) is 2. The van der Waals surface area contributed by atoms with Crippen LogP contribution in [-0.4, -0.2) is 29.1 Å². The zero-order chi connectivity index (χ0) is 10.7. The summed E-state index contributed by atoms with van der Waals surface area (Å²) >= 11 is 0. The summed E-state index contributed by atoms with van der Waals surface area (Å²) in [6.07, 6.45) is 2.28. The molecule has 0 spiro atoms. The monoisotopic (exact) mass is 211 g/mol. The summed E-state index contributed by atoms with van der Waals surface area (Å²) in [4.78, 5) is 0. The van der Waals surface area contributed by atoms with Gasteiger partial charge in [0, 0.05) is 19.7 Å². The molecule has 1 aromatic heterocycles. The van der Waals surface area contributed by atoms with Crippen LogP contribution in [0.25, 0.3) is 0 Å². The van der Waals surface area contributed by atoms with Crippen molar-refractivity contribution in [3.05, 3.63) is 11.4 Å². The Morgan fingerprint density at radius 3 is 2.93 bits per heavy atom. The van der Waals surface area contributed by atoms with Crippen LogP contribution in [0.15, 0.2) is 4.63 Å². The van der Waals surface area contributed by atoms with E-state index in [1.54, 1.807) is 0 Å². The molecule has 5 heteroatoms. The summed E-state index contributed by atoms with van der Waals surface area (Å²) in [6, 6.07) is 0. The van der Waals surface area contributed by atoms with E-state index in [0.717, 1.165) is 37.4 Å². The summed E-state index contributed by atoms with van der Waals surface area (Å²) in [5.41, 5.74) is 1.71. The SMILES string of the molecule is Cc1nonc1CNCC1(C)CCCO1. The molecule has 1 fully saturated rings. The molecule has 15 heavy (non-hydrogen) atoms. The smallest absolute Gasteiger partial charge is 0.121 e. The first-order chi connectivity index (χ1) is 7.20. The maximum absolute atomic E-state index is 5.67. The van der Waals surface area contributed by atoms with Crippen molar-refractivity contribution in [2.45, 2.75) is 38.8 Å². The number of rotatable bonds is 4. The van der Waals surface area contributed by atoms with E-state index in [1.807, 2.05) is 6.92 Å². The molecule has 1 aliphatic heterocycles. The lowest BCUT2D eigenvalue weighted by Gasteiger charge is -2.23. The van der Waals surface area contributed by atoms with Crippen LogP contribution in [0, 0.1) is 6.92 Å². The van der Waals surface area contributed by atoms with Crippen LogP contribution in [0.5, 0.6) is 0 Å². The zero-order valence-corrected chi connectivity index (χ0v) is 9.25. The predicted octanol–water partition coefficient (Wildman–Crippen LogP) is 1.04. The van der Waals surface area contributed by atoms with Gasteiger partial charge in [0.25, 0.3) is 0 Å². The highest BCUT2D eigenvalue weighted by Crippen LogP contribution is 2.23. The predicted molar refractivity (Wildman–Crippen MR) is 54.3 cm³/mol. The Labute approximate surface area is 89.1 Å². The van der Waals surface area contributed by atoms with Crippen molar-refractivity contribution in [1.29, 1.82) is 0 Å². The highest BCUT2D eigenvalue weighted by atomic mass is 16.6. The molecule has 5 nitrogen and oxygen atoms in total. The van der Waals surface area contributed by atoms with Crippen molar-refractivity contribution in [1.82, 2.24) is 15.6 Å². The van der Waals surface area contributed by atoms with Gasteiger partial charge in [0.1, 0.15) is 11.4 Å². The third-order valence-electron chi connectivity index (χ3n) is 2.84. The summed E-state index contributed by atoms with van der Waals surface area (Å²) in [5.74, 6) is 0. The van der Waals surface area contributed by atoms with Gasteiger partial charge in [0.05, 0.1) is 5.60 Å². The second-order valence-electron chi connectivity index (χ2n) is 4.30. The molecule has 0 aliphatic carbocycles. The quantitative estimate of drug-likeness (QED) is 0.806. The normalized spacial score (nSPS) is 26.0. The average molecular weight is 211 g/mol. The van der Waals surface area contributed by atoms with E-state index in [9.17, 15) is 0 Å². The van der Waals surface area contributed by atoms with Crippen LogP contribution >= 0.6 is 0 Å². The maximum Gasteiger partial charge on any atom is 0.121 e. The van der Waals surface area contributed by atoms with E-state index in [0.29, 0.717) is 6.54 Å². The Hall–Kier alpha value is -0.940. The fourth-order valence-electron chi connectivity index (χ4n) is 1.83. The van der Waals surface area contributed by atoms with Gasteiger partial charge in [-0.25, -0.2) is 4.63 Å². The van der Waals surface area contributed by atoms with Crippen molar-refractivity contribution in [3.8, 4) is 0 Å². The van der Waals surface area contributed by atoms with E-state index >= 15 is 0 Å². The first kappa shape index (κ1) is 10.6. The molecule has 1 aromatic rings. The number of hydrogen-bond acceptors (Lipinski definition) is 5. The minimum absolute atomic E-state index is 0.00886. The molecule has 1 N–H and O–H groups in total. The van der Waals surface area contributed by atoms with Crippen LogP contribution in [0.1, 0.15) is 31.2 Å². The van der Waals surface area contributed by atoms with Crippen molar-refractivity contribution in [2.24, 2.45) is 0 Å². The van der Waals surface area contributed by atoms with E-state index in [2.05, 4.69) is 27.2 Å². The fraction of sp³-hybridized carbons (Fsp3) is 0.800. The minimum atomic E-state index is -0.00886. The third-order valence-corrected chi connectivity index (χ3v) is 2.84. The van der Waals surface area contributed by atoms with E-state index in [4.69, 9.17) is 4.74 Å². The lowest BCUT2D eigenvalue weighted by atomic mass is 10.0. The van der Waals surface area contributed by atoms with Gasteiger partial charge in [0.15, 0.2) is 0 Å². The van der Waals surface area contributed by atoms with E-state index in [1.165, 1.54) is 0 Å². The molecule has 2 rings (SSSR count). The second-order valence-corrected chi connectivity index (χ2v) is 4.30. The summed E-state index contributed by atoms with van der Waals surface area (Å²) in [7, 11) is 0. The maximum atomic E-state index is 5.67. The summed E-state index contributed by atoms with van der Waals surface area (Å²) < 4.78 is 10.3. The van der Waals surface area contributed by atoms with Crippen molar-refractivity contribution in [3.63, 3.8) is 0 Å². The second kappa shape index (κ2) is 4.28. The standard InChI is InChI=1S/C10H17N3O2/c1-8-9(13-15-12-8)6-11-7-10(2)4-3-5-14-10/h11H,3-7H2,1-2H3. The first-order valence-corrected chi connectivity index (χ1v) is 5.32.